The minimum Gasteiger partial charge on any atom is -0.351 e. The molecule has 0 unspecified atom stereocenters. The number of amides is 2. The van der Waals surface area contributed by atoms with Crippen molar-refractivity contribution in [2.45, 2.75) is 37.7 Å². The first-order valence-corrected chi connectivity index (χ1v) is 16.9. The number of aryl methyl sites for hydroxylation is 1. The maximum absolute atomic E-state index is 13.6. The fourth-order valence-corrected chi connectivity index (χ4v) is 8.18. The number of hydrogen-bond acceptors (Lipinski definition) is 7. The molecule has 1 spiro atoms. The van der Waals surface area contributed by atoms with Gasteiger partial charge in [-0.25, -0.2) is 13.4 Å². The number of sulfone groups is 1. The molecular formula is C31H30BrF3N6O4S. The molecule has 46 heavy (non-hydrogen) atoms. The number of aromatic nitrogens is 3. The quantitative estimate of drug-likeness (QED) is 0.270. The average Bonchev–Trinajstić information content (AvgIpc) is 3.23. The number of pyridine rings is 1. The number of anilines is 1. The number of nitrogens with one attached hydrogen (secondary N) is 2. The van der Waals surface area contributed by atoms with Crippen LogP contribution in [0.15, 0.2) is 53.0 Å². The highest BCUT2D eigenvalue weighted by atomic mass is 79.9. The molecule has 2 aromatic carbocycles. The first-order chi connectivity index (χ1) is 21.7. The van der Waals surface area contributed by atoms with Crippen LogP contribution in [0, 0.1) is 13.8 Å². The summed E-state index contributed by atoms with van der Waals surface area (Å²) in [6.45, 7) is 5.80. The summed E-state index contributed by atoms with van der Waals surface area (Å²) in [4.78, 5) is 31.7. The number of nitrogens with zero attached hydrogens (tertiary/aromatic N) is 4. The summed E-state index contributed by atoms with van der Waals surface area (Å²) < 4.78 is 66.3. The fraction of sp³-hybridized carbons (Fsp3) is 0.355. The highest BCUT2D eigenvalue weighted by molar-refractivity contribution is 9.10. The molecule has 242 valence electrons. The zero-order chi connectivity index (χ0) is 33.0. The Kier molecular flexibility index (Phi) is 8.22. The van der Waals surface area contributed by atoms with Gasteiger partial charge >= 0.3 is 6.18 Å². The third kappa shape index (κ3) is 6.02. The normalized spacial score (nSPS) is 17.0. The van der Waals surface area contributed by atoms with Crippen LogP contribution >= 0.6 is 15.9 Å². The monoisotopic (exact) mass is 718 g/mol. The molecule has 2 aliphatic rings. The number of carbonyl (C=O) groups is 2. The van der Waals surface area contributed by atoms with Crippen molar-refractivity contribution in [1.29, 1.82) is 0 Å². The molecule has 4 heterocycles. The van der Waals surface area contributed by atoms with Crippen LogP contribution in [0.4, 0.5) is 18.9 Å². The molecule has 10 nitrogen and oxygen atoms in total. The lowest BCUT2D eigenvalue weighted by Gasteiger charge is -2.54. The molecule has 2 amide bonds. The smallest absolute Gasteiger partial charge is 0.351 e. The second-order valence-electron chi connectivity index (χ2n) is 11.8. The number of halogens is 4. The predicted molar refractivity (Wildman–Crippen MR) is 170 cm³/mol. The number of likely N-dealkylation sites (tertiary alicyclic amines) is 1. The molecule has 2 aromatic heterocycles. The maximum atomic E-state index is 13.6. The number of fused-ring (bicyclic) bond motifs is 1. The Bertz CT molecular complexity index is 1970. The Labute approximate surface area is 271 Å². The molecule has 0 atom stereocenters. The second-order valence-corrected chi connectivity index (χ2v) is 15.2. The van der Waals surface area contributed by atoms with Gasteiger partial charge in [-0.3, -0.25) is 19.2 Å². The topological polar surface area (TPSA) is 126 Å². The van der Waals surface area contributed by atoms with E-state index in [2.05, 4.69) is 36.6 Å². The van der Waals surface area contributed by atoms with Crippen molar-refractivity contribution in [3.8, 4) is 0 Å². The Balaban J connectivity index is 1.09. The highest BCUT2D eigenvalue weighted by Crippen LogP contribution is 2.41. The molecule has 15 heteroatoms. The zero-order valence-corrected chi connectivity index (χ0v) is 27.3. The third-order valence-electron chi connectivity index (χ3n) is 8.70. The summed E-state index contributed by atoms with van der Waals surface area (Å²) >= 11 is 3.31. The van der Waals surface area contributed by atoms with Crippen LogP contribution < -0.4 is 10.6 Å². The lowest BCUT2D eigenvalue weighted by molar-refractivity contribution is -0.141. The SMILES string of the molecule is Cc1nn(Cc2ccc(C(=O)NCCN3CC4(CCS4(=O)=O)C3)cc2)c(C)c1NC(=O)c1cc(C(F)(F)F)nc2ccc(Br)cc12. The molecule has 2 aliphatic heterocycles. The Morgan fingerprint density at radius 1 is 1.04 bits per heavy atom. The van der Waals surface area contributed by atoms with Crippen LogP contribution in [-0.4, -0.2) is 76.6 Å². The van der Waals surface area contributed by atoms with E-state index in [0.717, 1.165) is 11.6 Å². The third-order valence-corrected chi connectivity index (χ3v) is 11.7. The van der Waals surface area contributed by atoms with Gasteiger partial charge in [0.1, 0.15) is 5.69 Å². The molecule has 2 saturated heterocycles. The lowest BCUT2D eigenvalue weighted by atomic mass is 9.95. The van der Waals surface area contributed by atoms with Crippen molar-refractivity contribution in [3.05, 3.63) is 86.8 Å². The number of hydrogen-bond donors (Lipinski definition) is 2. The van der Waals surface area contributed by atoms with Crippen LogP contribution in [0.5, 0.6) is 0 Å². The van der Waals surface area contributed by atoms with E-state index in [9.17, 15) is 31.2 Å². The van der Waals surface area contributed by atoms with E-state index in [1.165, 1.54) is 6.07 Å². The Morgan fingerprint density at radius 3 is 2.39 bits per heavy atom. The molecule has 0 bridgehead atoms. The van der Waals surface area contributed by atoms with E-state index >= 15 is 0 Å². The number of carbonyl (C=O) groups excluding carboxylic acids is 2. The van der Waals surface area contributed by atoms with Gasteiger partial charge in [-0.2, -0.15) is 18.3 Å². The van der Waals surface area contributed by atoms with Crippen LogP contribution in [0.3, 0.4) is 0 Å². The predicted octanol–water partition coefficient (Wildman–Crippen LogP) is 4.73. The Morgan fingerprint density at radius 2 is 1.76 bits per heavy atom. The highest BCUT2D eigenvalue weighted by Gasteiger charge is 2.59. The zero-order valence-electron chi connectivity index (χ0n) is 24.9. The molecule has 0 radical (unpaired) electrons. The van der Waals surface area contributed by atoms with Crippen LogP contribution in [-0.2, 0) is 22.6 Å². The number of benzene rings is 2. The summed E-state index contributed by atoms with van der Waals surface area (Å²) in [6, 6.07) is 12.3. The van der Waals surface area contributed by atoms with Gasteiger partial charge in [0.15, 0.2) is 9.84 Å². The van der Waals surface area contributed by atoms with Crippen LogP contribution in [0.2, 0.25) is 0 Å². The van der Waals surface area contributed by atoms with Crippen molar-refractivity contribution in [2.75, 3.05) is 37.2 Å². The maximum Gasteiger partial charge on any atom is 0.433 e. The number of alkyl halides is 3. The van der Waals surface area contributed by atoms with E-state index in [-0.39, 0.29) is 28.1 Å². The summed E-state index contributed by atoms with van der Waals surface area (Å²) in [5, 5.41) is 10.4. The van der Waals surface area contributed by atoms with Crippen LogP contribution in [0.25, 0.3) is 10.9 Å². The molecule has 0 aliphatic carbocycles. The summed E-state index contributed by atoms with van der Waals surface area (Å²) in [6.07, 6.45) is -4.02. The van der Waals surface area contributed by atoms with Crippen molar-refractivity contribution < 1.29 is 31.2 Å². The largest absolute Gasteiger partial charge is 0.433 e. The van der Waals surface area contributed by atoms with Crippen LogP contribution in [0.1, 0.15) is 49.8 Å². The van der Waals surface area contributed by atoms with Gasteiger partial charge in [0.2, 0.25) is 0 Å². The van der Waals surface area contributed by atoms with Gasteiger partial charge in [-0.15, -0.1) is 0 Å². The van der Waals surface area contributed by atoms with E-state index < -0.39 is 32.4 Å². The molecule has 2 fully saturated rings. The molecule has 6 rings (SSSR count). The lowest BCUT2D eigenvalue weighted by Crippen LogP contribution is -2.72. The van der Waals surface area contributed by atoms with Gasteiger partial charge in [-0.05, 0) is 62.2 Å². The van der Waals surface area contributed by atoms with Gasteiger partial charge in [0.25, 0.3) is 11.8 Å². The van der Waals surface area contributed by atoms with Crippen molar-refractivity contribution >= 4 is 54.2 Å². The molecule has 0 saturated carbocycles. The number of rotatable bonds is 8. The van der Waals surface area contributed by atoms with Gasteiger partial charge in [-0.1, -0.05) is 28.1 Å². The standard InChI is InChI=1S/C31H30BrF3N6O4S/c1-18-27(38-29(43)24-14-26(31(33,34)35)37-25-8-7-22(32)13-23(24)25)19(2)41(39-18)15-20-3-5-21(6-4-20)28(42)36-10-11-40-16-30(17-40)9-12-46(30,44)45/h3-8,13-14H,9-12,15-17H2,1-2H3,(H,36,42)(H,38,43). The minimum atomic E-state index is -4.73. The van der Waals surface area contributed by atoms with Gasteiger partial charge in [0, 0.05) is 41.6 Å². The van der Waals surface area contributed by atoms with E-state index in [4.69, 9.17) is 0 Å². The first kappa shape index (κ1) is 32.1. The molecule has 4 aromatic rings. The van der Waals surface area contributed by atoms with Gasteiger partial charge in [0.05, 0.1) is 45.2 Å². The summed E-state index contributed by atoms with van der Waals surface area (Å²) in [7, 11) is -2.96. The van der Waals surface area contributed by atoms with E-state index in [0.29, 0.717) is 66.3 Å². The average molecular weight is 720 g/mol. The minimum absolute atomic E-state index is 0.0417. The van der Waals surface area contributed by atoms with Crippen molar-refractivity contribution in [3.63, 3.8) is 0 Å². The first-order valence-electron chi connectivity index (χ1n) is 14.5. The Hall–Kier alpha value is -3.82. The van der Waals surface area contributed by atoms with Crippen molar-refractivity contribution in [2.24, 2.45) is 0 Å². The van der Waals surface area contributed by atoms with E-state index in [1.54, 1.807) is 54.9 Å². The van der Waals surface area contributed by atoms with Gasteiger partial charge < -0.3 is 10.6 Å². The summed E-state index contributed by atoms with van der Waals surface area (Å²) in [5.41, 5.74) is 1.50. The second kappa shape index (κ2) is 11.8. The van der Waals surface area contributed by atoms with Crippen molar-refractivity contribution in [1.82, 2.24) is 25.0 Å². The fourth-order valence-electron chi connectivity index (χ4n) is 5.95. The molecule has 2 N–H and O–H groups in total. The molecular weight excluding hydrogens is 689 g/mol. The van der Waals surface area contributed by atoms with E-state index in [1.807, 2.05) is 4.90 Å². The summed E-state index contributed by atoms with van der Waals surface area (Å²) in [5.74, 6) is -0.695.